The number of benzene rings is 1. The predicted octanol–water partition coefficient (Wildman–Crippen LogP) is 0.996. The van der Waals surface area contributed by atoms with Gasteiger partial charge in [0.1, 0.15) is 0 Å². The molecule has 84 valence electrons. The van der Waals surface area contributed by atoms with Crippen LogP contribution in [-0.2, 0) is 0 Å². The lowest BCUT2D eigenvalue weighted by Crippen LogP contribution is -2.23. The predicted molar refractivity (Wildman–Crippen MR) is 62.2 cm³/mol. The molecule has 4 nitrogen and oxygen atoms in total. The number of nitrogens with two attached hydrogens (primary N) is 1. The zero-order chi connectivity index (χ0) is 11.4. The van der Waals surface area contributed by atoms with Crippen LogP contribution < -0.4 is 11.1 Å². The standard InChI is InChI=1S/C10H15ClN2O2/c1-6-2-9(12)8(11)3-10(6)13-4-7(15)5-14/h2-3,7,13-15H,4-5,12H2,1H3. The maximum atomic E-state index is 9.16. The van der Waals surface area contributed by atoms with E-state index >= 15 is 0 Å². The topological polar surface area (TPSA) is 78.5 Å². The molecule has 0 aliphatic rings. The Hall–Kier alpha value is -0.970. The van der Waals surface area contributed by atoms with Crippen molar-refractivity contribution in [2.45, 2.75) is 13.0 Å². The lowest BCUT2D eigenvalue weighted by atomic mass is 10.1. The largest absolute Gasteiger partial charge is 0.398 e. The fourth-order valence-corrected chi connectivity index (χ4v) is 1.35. The molecule has 0 heterocycles. The fraction of sp³-hybridized carbons (Fsp3) is 0.400. The number of hydrogen-bond acceptors (Lipinski definition) is 4. The van der Waals surface area contributed by atoms with Gasteiger partial charge in [0.25, 0.3) is 0 Å². The summed E-state index contributed by atoms with van der Waals surface area (Å²) in [5.41, 5.74) is 7.91. The maximum absolute atomic E-state index is 9.16. The Morgan fingerprint density at radius 1 is 1.53 bits per heavy atom. The van der Waals surface area contributed by atoms with Crippen LogP contribution in [0.25, 0.3) is 0 Å². The van der Waals surface area contributed by atoms with Crippen molar-refractivity contribution in [3.63, 3.8) is 0 Å². The molecule has 1 unspecified atom stereocenters. The van der Waals surface area contributed by atoms with E-state index in [4.69, 9.17) is 27.5 Å². The average Bonchev–Trinajstić information content (AvgIpc) is 2.21. The molecular weight excluding hydrogens is 216 g/mol. The first kappa shape index (κ1) is 12.1. The second-order valence-corrected chi connectivity index (χ2v) is 3.81. The first-order valence-corrected chi connectivity index (χ1v) is 5.00. The molecule has 0 radical (unpaired) electrons. The number of hydrogen-bond donors (Lipinski definition) is 4. The summed E-state index contributed by atoms with van der Waals surface area (Å²) in [6.45, 7) is 1.90. The molecular formula is C10H15ClN2O2. The lowest BCUT2D eigenvalue weighted by molar-refractivity contribution is 0.105. The minimum atomic E-state index is -0.777. The van der Waals surface area contributed by atoms with Crippen molar-refractivity contribution >= 4 is 23.0 Å². The van der Waals surface area contributed by atoms with Crippen LogP contribution in [0, 0.1) is 6.92 Å². The SMILES string of the molecule is Cc1cc(N)c(Cl)cc1NCC(O)CO. The van der Waals surface area contributed by atoms with Crippen LogP contribution in [0.4, 0.5) is 11.4 Å². The van der Waals surface area contributed by atoms with E-state index in [-0.39, 0.29) is 13.2 Å². The van der Waals surface area contributed by atoms with Crippen LogP contribution in [0.5, 0.6) is 0 Å². The van der Waals surface area contributed by atoms with Gasteiger partial charge in [0.15, 0.2) is 0 Å². The molecule has 0 aromatic heterocycles. The number of anilines is 2. The second kappa shape index (κ2) is 5.21. The molecule has 5 N–H and O–H groups in total. The number of nitrogens with one attached hydrogen (secondary N) is 1. The van der Waals surface area contributed by atoms with Crippen molar-refractivity contribution in [2.24, 2.45) is 0 Å². The van der Waals surface area contributed by atoms with Gasteiger partial charge in [0, 0.05) is 12.2 Å². The molecule has 0 fully saturated rings. The quantitative estimate of drug-likeness (QED) is 0.582. The summed E-state index contributed by atoms with van der Waals surface area (Å²) in [7, 11) is 0. The van der Waals surface area contributed by atoms with Crippen molar-refractivity contribution < 1.29 is 10.2 Å². The maximum Gasteiger partial charge on any atom is 0.0942 e. The summed E-state index contributed by atoms with van der Waals surface area (Å²) in [5.74, 6) is 0. The number of rotatable bonds is 4. The summed E-state index contributed by atoms with van der Waals surface area (Å²) < 4.78 is 0. The van der Waals surface area contributed by atoms with Crippen LogP contribution in [0.3, 0.4) is 0 Å². The van der Waals surface area contributed by atoms with Crippen LogP contribution in [0.15, 0.2) is 12.1 Å². The van der Waals surface area contributed by atoms with E-state index in [1.54, 1.807) is 12.1 Å². The average molecular weight is 231 g/mol. The minimum Gasteiger partial charge on any atom is -0.398 e. The van der Waals surface area contributed by atoms with E-state index in [9.17, 15) is 0 Å². The summed E-state index contributed by atoms with van der Waals surface area (Å²) in [5, 5.41) is 21.3. The second-order valence-electron chi connectivity index (χ2n) is 3.41. The number of halogens is 1. The molecule has 0 saturated carbocycles. The lowest BCUT2D eigenvalue weighted by Gasteiger charge is -2.13. The molecule has 0 amide bonds. The molecule has 15 heavy (non-hydrogen) atoms. The van der Waals surface area contributed by atoms with Crippen LogP contribution >= 0.6 is 11.6 Å². The van der Waals surface area contributed by atoms with Gasteiger partial charge in [0.2, 0.25) is 0 Å². The van der Waals surface area contributed by atoms with Gasteiger partial charge in [-0.15, -0.1) is 0 Å². The van der Waals surface area contributed by atoms with E-state index in [1.165, 1.54) is 0 Å². The van der Waals surface area contributed by atoms with Gasteiger partial charge in [-0.1, -0.05) is 11.6 Å². The third-order valence-electron chi connectivity index (χ3n) is 2.08. The highest BCUT2D eigenvalue weighted by molar-refractivity contribution is 6.33. The molecule has 5 heteroatoms. The Morgan fingerprint density at radius 2 is 2.20 bits per heavy atom. The summed E-state index contributed by atoms with van der Waals surface area (Å²) in [6.07, 6.45) is -0.777. The van der Waals surface area contributed by atoms with Gasteiger partial charge in [-0.3, -0.25) is 0 Å². The molecule has 0 bridgehead atoms. The first-order chi connectivity index (χ1) is 7.04. The van der Waals surface area contributed by atoms with Gasteiger partial charge in [-0.25, -0.2) is 0 Å². The van der Waals surface area contributed by atoms with Gasteiger partial charge in [0.05, 0.1) is 23.4 Å². The van der Waals surface area contributed by atoms with E-state index in [2.05, 4.69) is 5.32 Å². The zero-order valence-corrected chi connectivity index (χ0v) is 9.25. The van der Waals surface area contributed by atoms with E-state index in [0.29, 0.717) is 10.7 Å². The number of aliphatic hydroxyl groups is 2. The van der Waals surface area contributed by atoms with Crippen molar-refractivity contribution in [1.29, 1.82) is 0 Å². The highest BCUT2D eigenvalue weighted by Gasteiger charge is 2.05. The highest BCUT2D eigenvalue weighted by atomic mass is 35.5. The van der Waals surface area contributed by atoms with E-state index < -0.39 is 6.10 Å². The van der Waals surface area contributed by atoms with Crippen LogP contribution in [-0.4, -0.2) is 29.5 Å². The van der Waals surface area contributed by atoms with Gasteiger partial charge < -0.3 is 21.3 Å². The minimum absolute atomic E-state index is 0.269. The Bertz CT molecular complexity index is 344. The highest BCUT2D eigenvalue weighted by Crippen LogP contribution is 2.26. The summed E-state index contributed by atoms with van der Waals surface area (Å²) in [6, 6.07) is 3.46. The van der Waals surface area contributed by atoms with Crippen molar-refractivity contribution in [1.82, 2.24) is 0 Å². The number of aliphatic hydroxyl groups excluding tert-OH is 2. The monoisotopic (exact) mass is 230 g/mol. The normalized spacial score (nSPS) is 12.5. The van der Waals surface area contributed by atoms with Crippen molar-refractivity contribution in [3.8, 4) is 0 Å². The Kier molecular flexibility index (Phi) is 4.20. The smallest absolute Gasteiger partial charge is 0.0942 e. The van der Waals surface area contributed by atoms with Gasteiger partial charge in [-0.2, -0.15) is 0 Å². The summed E-state index contributed by atoms with van der Waals surface area (Å²) in [4.78, 5) is 0. The van der Waals surface area contributed by atoms with E-state index in [0.717, 1.165) is 11.3 Å². The Balaban J connectivity index is 2.73. The molecule has 0 saturated heterocycles. The fourth-order valence-electron chi connectivity index (χ4n) is 1.19. The Morgan fingerprint density at radius 3 is 2.80 bits per heavy atom. The first-order valence-electron chi connectivity index (χ1n) is 4.63. The molecule has 1 aromatic rings. The van der Waals surface area contributed by atoms with Gasteiger partial charge >= 0.3 is 0 Å². The van der Waals surface area contributed by atoms with Crippen LogP contribution in [0.2, 0.25) is 5.02 Å². The molecule has 0 aliphatic heterocycles. The third kappa shape index (κ3) is 3.27. The Labute approximate surface area is 93.7 Å². The summed E-state index contributed by atoms with van der Waals surface area (Å²) >= 11 is 5.86. The molecule has 0 aliphatic carbocycles. The van der Waals surface area contributed by atoms with Gasteiger partial charge in [-0.05, 0) is 24.6 Å². The molecule has 1 atom stereocenters. The van der Waals surface area contributed by atoms with E-state index in [1.807, 2.05) is 6.92 Å². The zero-order valence-electron chi connectivity index (χ0n) is 8.50. The van der Waals surface area contributed by atoms with Crippen LogP contribution in [0.1, 0.15) is 5.56 Å². The molecule has 1 rings (SSSR count). The number of nitrogen functional groups attached to an aromatic ring is 1. The van der Waals surface area contributed by atoms with Crippen molar-refractivity contribution in [3.05, 3.63) is 22.7 Å². The molecule has 1 aromatic carbocycles. The number of aryl methyl sites for hydroxylation is 1. The third-order valence-corrected chi connectivity index (χ3v) is 2.41. The molecule has 0 spiro atoms. The van der Waals surface area contributed by atoms with Crippen molar-refractivity contribution in [2.75, 3.05) is 24.2 Å².